The van der Waals surface area contributed by atoms with E-state index in [9.17, 15) is 39.9 Å². The Hall–Kier alpha value is -2.80. The van der Waals surface area contributed by atoms with Crippen molar-refractivity contribution in [2.75, 3.05) is 13.1 Å². The maximum absolute atomic E-state index is 13.1. The van der Waals surface area contributed by atoms with Gasteiger partial charge in [-0.1, -0.05) is 0 Å². The maximum atomic E-state index is 13.1. The van der Waals surface area contributed by atoms with Crippen LogP contribution in [0.4, 0.5) is 35.1 Å². The summed E-state index contributed by atoms with van der Waals surface area (Å²) in [6.07, 6.45) is -10.1. The molecule has 2 heterocycles. The van der Waals surface area contributed by atoms with E-state index in [0.717, 1.165) is 9.58 Å². The lowest BCUT2D eigenvalue weighted by Crippen LogP contribution is -2.58. The van der Waals surface area contributed by atoms with Crippen LogP contribution in [-0.4, -0.2) is 68.1 Å². The van der Waals surface area contributed by atoms with Crippen molar-refractivity contribution in [3.63, 3.8) is 0 Å². The fourth-order valence-electron chi connectivity index (χ4n) is 3.12. The summed E-state index contributed by atoms with van der Waals surface area (Å²) in [5, 5.41) is 3.96. The Morgan fingerprint density at radius 3 is 1.91 bits per heavy atom. The Morgan fingerprint density at radius 1 is 0.969 bits per heavy atom. The topological polar surface area (TPSA) is 51.0 Å². The van der Waals surface area contributed by atoms with Gasteiger partial charge in [-0.15, -0.1) is 5.10 Å². The van der Waals surface area contributed by atoms with Crippen molar-refractivity contribution in [3.05, 3.63) is 34.8 Å². The molecule has 1 aliphatic rings. The van der Waals surface area contributed by atoms with Crippen molar-refractivity contribution in [2.45, 2.75) is 18.3 Å². The zero-order valence-corrected chi connectivity index (χ0v) is 16.9. The predicted molar refractivity (Wildman–Crippen MR) is 105 cm³/mol. The van der Waals surface area contributed by atoms with Crippen LogP contribution in [0.1, 0.15) is 11.1 Å². The van der Waals surface area contributed by atoms with E-state index in [1.54, 1.807) is 0 Å². The van der Waals surface area contributed by atoms with Gasteiger partial charge in [-0.3, -0.25) is 4.79 Å². The number of hydrogen-bond acceptors (Lipinski definition) is 3. The van der Waals surface area contributed by atoms with Crippen molar-refractivity contribution < 1.29 is 39.9 Å². The summed E-state index contributed by atoms with van der Waals surface area (Å²) in [5.74, 6) is -4.09. The second-order valence-corrected chi connectivity index (χ2v) is 7.42. The Kier molecular flexibility index (Phi) is 5.71. The zero-order chi connectivity index (χ0) is 24.2. The molecule has 1 aromatic carbocycles. The highest BCUT2D eigenvalue weighted by atomic mass is 19.4. The summed E-state index contributed by atoms with van der Waals surface area (Å²) in [6, 6.07) is 0.977. The van der Waals surface area contributed by atoms with E-state index in [1.807, 2.05) is 0 Å². The van der Waals surface area contributed by atoms with E-state index in [1.165, 1.54) is 23.5 Å². The summed E-state index contributed by atoms with van der Waals surface area (Å²) < 4.78 is 106. The van der Waals surface area contributed by atoms with Crippen LogP contribution < -0.4 is 5.72 Å². The van der Waals surface area contributed by atoms with Gasteiger partial charge in [0.15, 0.2) is 21.5 Å². The van der Waals surface area contributed by atoms with Gasteiger partial charge in [-0.2, -0.15) is 26.3 Å². The minimum Gasteiger partial charge on any atom is -0.327 e. The van der Waals surface area contributed by atoms with Gasteiger partial charge >= 0.3 is 12.4 Å². The number of likely N-dealkylation sites (tertiary alicyclic amines) is 1. The summed E-state index contributed by atoms with van der Waals surface area (Å²) in [6.45, 7) is -1.50. The third kappa shape index (κ3) is 4.68. The lowest BCUT2D eigenvalue weighted by molar-refractivity contribution is -0.161. The monoisotopic (exact) mass is 462 g/mol. The quantitative estimate of drug-likeness (QED) is 0.370. The van der Waals surface area contributed by atoms with Gasteiger partial charge in [0.25, 0.3) is 5.92 Å². The third-order valence-corrected chi connectivity index (χ3v) is 4.93. The van der Waals surface area contributed by atoms with Crippen LogP contribution in [0.3, 0.4) is 0 Å². The third-order valence-electron chi connectivity index (χ3n) is 4.93. The first kappa shape index (κ1) is 23.9. The lowest BCUT2D eigenvalue weighted by atomic mass is 9.83. The molecule has 1 aliphatic heterocycles. The molecule has 0 N–H and O–H groups in total. The van der Waals surface area contributed by atoms with Gasteiger partial charge < -0.3 is 4.90 Å². The van der Waals surface area contributed by atoms with E-state index in [4.69, 9.17) is 0 Å². The number of halogens is 8. The molecule has 0 spiro atoms. The number of alkyl halides is 8. The molecule has 0 unspecified atom stereocenters. The Morgan fingerprint density at radius 2 is 1.47 bits per heavy atom. The van der Waals surface area contributed by atoms with E-state index in [-0.39, 0.29) is 22.9 Å². The molecule has 32 heavy (non-hydrogen) atoms. The normalized spacial score (nSPS) is 17.1. The lowest BCUT2D eigenvalue weighted by Gasteiger charge is -2.39. The van der Waals surface area contributed by atoms with Crippen molar-refractivity contribution >= 4 is 40.8 Å². The number of hydrogen-bond donors (Lipinski definition) is 0. The molecular weight excluding hydrogens is 449 g/mol. The average molecular weight is 462 g/mol. The van der Waals surface area contributed by atoms with Crippen molar-refractivity contribution in [1.29, 1.82) is 0 Å². The summed E-state index contributed by atoms with van der Waals surface area (Å²) in [5.41, 5.74) is -3.32. The smallest absolute Gasteiger partial charge is 0.327 e. The number of amides is 1. The molecule has 0 saturated carbocycles. The van der Waals surface area contributed by atoms with Crippen molar-refractivity contribution in [3.8, 4) is 11.4 Å². The molecule has 1 aromatic heterocycles. The first-order valence-electron chi connectivity index (χ1n) is 9.08. The number of rotatable bonds is 3. The van der Waals surface area contributed by atoms with Crippen LogP contribution in [0.2, 0.25) is 0 Å². The Labute approximate surface area is 178 Å². The highest BCUT2D eigenvalue weighted by molar-refractivity contribution is 6.52. The van der Waals surface area contributed by atoms with Gasteiger partial charge in [0.05, 0.1) is 29.9 Å². The first-order chi connectivity index (χ1) is 14.5. The maximum Gasteiger partial charge on any atom is 0.416 e. The van der Waals surface area contributed by atoms with E-state index in [2.05, 4.69) is 10.1 Å². The summed E-state index contributed by atoms with van der Waals surface area (Å²) in [7, 11) is 4.14. The zero-order valence-electron chi connectivity index (χ0n) is 16.9. The molecule has 3 rings (SSSR count). The van der Waals surface area contributed by atoms with E-state index >= 15 is 0 Å². The largest absolute Gasteiger partial charge is 0.416 e. The van der Waals surface area contributed by atoms with Crippen LogP contribution in [0.15, 0.2) is 23.7 Å². The van der Waals surface area contributed by atoms with Crippen LogP contribution in [0.25, 0.3) is 17.0 Å². The van der Waals surface area contributed by atoms with Gasteiger partial charge in [0.1, 0.15) is 7.85 Å². The molecule has 2 aromatic rings. The summed E-state index contributed by atoms with van der Waals surface area (Å²) >= 11 is 0. The van der Waals surface area contributed by atoms with Crippen LogP contribution in [-0.2, 0) is 17.1 Å². The Bertz CT molecular complexity index is 1070. The van der Waals surface area contributed by atoms with E-state index < -0.39 is 59.8 Å². The van der Waals surface area contributed by atoms with E-state index in [0.29, 0.717) is 12.1 Å². The number of nitrogens with zero attached hydrogens (tertiary/aromatic N) is 4. The standard InChI is InChI=1S/C16H13B3F8N4O/c17-9(12(32)30-4-14(20,21)5-30)10(18)31-13(19)28-11(29-31)6-1-7(15(22,23)24)3-8(2-6)16(25,26)27/h1-3H,4-5,17-19H2/b10-9+. The van der Waals surface area contributed by atoms with Gasteiger partial charge in [0, 0.05) is 5.56 Å². The first-order valence-corrected chi connectivity index (χ1v) is 9.08. The molecular formula is C16H13B3F8N4O. The number of carbonyl (C=O) groups excluding carboxylic acids is 1. The molecule has 0 atom stereocenters. The van der Waals surface area contributed by atoms with Crippen LogP contribution >= 0.6 is 0 Å². The number of aromatic nitrogens is 3. The molecule has 0 aliphatic carbocycles. The highest BCUT2D eigenvalue weighted by Crippen LogP contribution is 2.38. The van der Waals surface area contributed by atoms with Crippen LogP contribution in [0, 0.1) is 0 Å². The average Bonchev–Trinajstić information content (AvgIpc) is 3.04. The minimum absolute atomic E-state index is 0.00976. The fourth-order valence-corrected chi connectivity index (χ4v) is 3.12. The second kappa shape index (κ2) is 7.66. The second-order valence-electron chi connectivity index (χ2n) is 7.42. The van der Waals surface area contributed by atoms with Crippen molar-refractivity contribution in [1.82, 2.24) is 19.7 Å². The molecule has 0 radical (unpaired) electrons. The molecule has 168 valence electrons. The fraction of sp³-hybridized carbons (Fsp3) is 0.312. The molecule has 1 amide bonds. The molecule has 1 saturated heterocycles. The molecule has 1 fully saturated rings. The molecule has 5 nitrogen and oxygen atoms in total. The number of carbonyl (C=O) groups is 1. The van der Waals surface area contributed by atoms with Gasteiger partial charge in [0.2, 0.25) is 5.91 Å². The van der Waals surface area contributed by atoms with Crippen LogP contribution in [0.5, 0.6) is 0 Å². The Balaban J connectivity index is 2.02. The highest BCUT2D eigenvalue weighted by Gasteiger charge is 2.46. The number of benzene rings is 1. The molecule has 16 heteroatoms. The summed E-state index contributed by atoms with van der Waals surface area (Å²) in [4.78, 5) is 17.2. The molecule has 0 bridgehead atoms. The SMILES string of the molecule is B/C(C(=O)N1CC(F)(F)C1)=C(\B)n1nc(-c2cc(C(F)(F)F)cc(C(F)(F)F)c2)nc1B. The van der Waals surface area contributed by atoms with Crippen molar-refractivity contribution in [2.24, 2.45) is 0 Å². The van der Waals surface area contributed by atoms with Gasteiger partial charge in [-0.05, 0) is 29.3 Å². The van der Waals surface area contributed by atoms with Gasteiger partial charge in [-0.25, -0.2) is 18.4 Å². The predicted octanol–water partition coefficient (Wildman–Crippen LogP) is 0.111. The minimum atomic E-state index is -5.04.